The van der Waals surface area contributed by atoms with Crippen molar-refractivity contribution in [3.63, 3.8) is 0 Å². The number of nitrogens with zero attached hydrogens (tertiary/aromatic N) is 3. The van der Waals surface area contributed by atoms with Gasteiger partial charge in [0.2, 0.25) is 16.0 Å². The molecule has 2 heterocycles. The summed E-state index contributed by atoms with van der Waals surface area (Å²) in [5.74, 6) is 0.489. The van der Waals surface area contributed by atoms with Gasteiger partial charge in [0.05, 0.1) is 4.90 Å². The summed E-state index contributed by atoms with van der Waals surface area (Å²) in [5, 5.41) is 6.17. The number of anilines is 4. The van der Waals surface area contributed by atoms with Crippen molar-refractivity contribution in [2.75, 3.05) is 36.9 Å². The molecule has 1 saturated heterocycles. The second-order valence-corrected chi connectivity index (χ2v) is 12.1. The first-order chi connectivity index (χ1) is 18.0. The minimum absolute atomic E-state index is 0.140. The predicted molar refractivity (Wildman–Crippen MR) is 147 cm³/mol. The van der Waals surface area contributed by atoms with Crippen LogP contribution in [0.4, 0.5) is 27.5 Å². The summed E-state index contributed by atoms with van der Waals surface area (Å²) in [4.78, 5) is 11.2. The Morgan fingerprint density at radius 2 is 1.79 bits per heavy atom. The standard InChI is InChI=1S/C27H35FN6O3S/c1-19-18-29-26(31-21-10-11-24(23(28)17-21)37-15-14-34-12-5-6-13-34)32-25(19)30-20-8-7-9-22(16-20)38(35,36)33-27(2,3)4/h7-11,16-18,33H,5-6,12-15H2,1-4H3,(H2,29,30,31,32). The van der Waals surface area contributed by atoms with Crippen molar-refractivity contribution >= 4 is 33.2 Å². The number of likely N-dealkylation sites (tertiary alicyclic amines) is 1. The van der Waals surface area contributed by atoms with E-state index in [2.05, 4.69) is 30.2 Å². The molecule has 11 heteroatoms. The molecule has 1 fully saturated rings. The lowest BCUT2D eigenvalue weighted by Crippen LogP contribution is -2.40. The fourth-order valence-corrected chi connectivity index (χ4v) is 5.55. The fourth-order valence-electron chi connectivity index (χ4n) is 4.08. The minimum Gasteiger partial charge on any atom is -0.489 e. The molecular weight excluding hydrogens is 507 g/mol. The average molecular weight is 543 g/mol. The third kappa shape index (κ3) is 7.62. The van der Waals surface area contributed by atoms with Crippen LogP contribution < -0.4 is 20.1 Å². The largest absolute Gasteiger partial charge is 0.489 e. The quantitative estimate of drug-likeness (QED) is 0.330. The second-order valence-electron chi connectivity index (χ2n) is 10.4. The number of rotatable bonds is 10. The molecule has 0 amide bonds. The molecular formula is C27H35FN6O3S. The Labute approximate surface area is 223 Å². The number of hydrogen-bond acceptors (Lipinski definition) is 8. The van der Waals surface area contributed by atoms with Crippen LogP contribution in [0.25, 0.3) is 0 Å². The van der Waals surface area contributed by atoms with Gasteiger partial charge in [-0.2, -0.15) is 4.98 Å². The van der Waals surface area contributed by atoms with Gasteiger partial charge in [-0.1, -0.05) is 6.07 Å². The van der Waals surface area contributed by atoms with Crippen LogP contribution in [-0.4, -0.2) is 55.1 Å². The monoisotopic (exact) mass is 542 g/mol. The number of aromatic nitrogens is 2. The van der Waals surface area contributed by atoms with Gasteiger partial charge in [0.15, 0.2) is 11.6 Å². The molecule has 3 aromatic rings. The summed E-state index contributed by atoms with van der Waals surface area (Å²) in [6.07, 6.45) is 4.04. The van der Waals surface area contributed by atoms with Crippen molar-refractivity contribution in [1.29, 1.82) is 0 Å². The van der Waals surface area contributed by atoms with E-state index in [1.54, 1.807) is 57.3 Å². The molecule has 0 bridgehead atoms. The van der Waals surface area contributed by atoms with Crippen LogP contribution in [0.1, 0.15) is 39.2 Å². The molecule has 3 N–H and O–H groups in total. The lowest BCUT2D eigenvalue weighted by molar-refractivity contribution is 0.231. The number of sulfonamides is 1. The first-order valence-electron chi connectivity index (χ1n) is 12.6. The molecule has 0 spiro atoms. The van der Waals surface area contributed by atoms with Crippen LogP contribution >= 0.6 is 0 Å². The molecule has 0 unspecified atom stereocenters. The van der Waals surface area contributed by atoms with E-state index < -0.39 is 21.4 Å². The highest BCUT2D eigenvalue weighted by atomic mass is 32.2. The Morgan fingerprint density at radius 3 is 2.50 bits per heavy atom. The SMILES string of the molecule is Cc1cnc(Nc2ccc(OCCN3CCCC3)c(F)c2)nc1Nc1cccc(S(=O)(=O)NC(C)(C)C)c1. The van der Waals surface area contributed by atoms with Crippen LogP contribution in [0.2, 0.25) is 0 Å². The zero-order valence-electron chi connectivity index (χ0n) is 22.2. The summed E-state index contributed by atoms with van der Waals surface area (Å²) < 4.78 is 48.4. The number of nitrogens with one attached hydrogen (secondary N) is 3. The maximum atomic E-state index is 14.6. The number of aryl methyl sites for hydroxylation is 1. The Kier molecular flexibility index (Phi) is 8.49. The number of benzene rings is 2. The van der Waals surface area contributed by atoms with Crippen LogP contribution in [-0.2, 0) is 10.0 Å². The minimum atomic E-state index is -3.69. The molecule has 1 aromatic heterocycles. The molecule has 4 rings (SSSR count). The van der Waals surface area contributed by atoms with E-state index in [-0.39, 0.29) is 16.6 Å². The Morgan fingerprint density at radius 1 is 1.05 bits per heavy atom. The zero-order valence-corrected chi connectivity index (χ0v) is 23.0. The van der Waals surface area contributed by atoms with E-state index in [9.17, 15) is 12.8 Å². The molecule has 0 aliphatic carbocycles. The van der Waals surface area contributed by atoms with Gasteiger partial charge < -0.3 is 15.4 Å². The third-order valence-electron chi connectivity index (χ3n) is 5.87. The lowest BCUT2D eigenvalue weighted by atomic mass is 10.1. The van der Waals surface area contributed by atoms with Crippen LogP contribution in [0.15, 0.2) is 53.6 Å². The predicted octanol–water partition coefficient (Wildman–Crippen LogP) is 4.96. The van der Waals surface area contributed by atoms with Gasteiger partial charge in [-0.15, -0.1) is 0 Å². The van der Waals surface area contributed by atoms with Crippen LogP contribution in [0, 0.1) is 12.7 Å². The first-order valence-corrected chi connectivity index (χ1v) is 14.1. The topological polar surface area (TPSA) is 108 Å². The Hall–Kier alpha value is -3.28. The van der Waals surface area contributed by atoms with E-state index in [1.807, 2.05) is 6.92 Å². The highest BCUT2D eigenvalue weighted by molar-refractivity contribution is 7.89. The van der Waals surface area contributed by atoms with Gasteiger partial charge in [0.1, 0.15) is 12.4 Å². The van der Waals surface area contributed by atoms with Gasteiger partial charge in [-0.25, -0.2) is 22.5 Å². The summed E-state index contributed by atoms with van der Waals surface area (Å²) in [6, 6.07) is 11.1. The molecule has 2 aromatic carbocycles. The molecule has 9 nitrogen and oxygen atoms in total. The fraction of sp³-hybridized carbons (Fsp3) is 0.407. The van der Waals surface area contributed by atoms with Gasteiger partial charge in [0.25, 0.3) is 0 Å². The van der Waals surface area contributed by atoms with E-state index in [4.69, 9.17) is 4.74 Å². The summed E-state index contributed by atoms with van der Waals surface area (Å²) in [6.45, 7) is 10.6. The molecule has 0 saturated carbocycles. The highest BCUT2D eigenvalue weighted by Crippen LogP contribution is 2.26. The van der Waals surface area contributed by atoms with Crippen LogP contribution in [0.3, 0.4) is 0 Å². The number of halogens is 1. The van der Waals surface area contributed by atoms with E-state index in [0.29, 0.717) is 23.8 Å². The summed E-state index contributed by atoms with van der Waals surface area (Å²) in [5.41, 5.74) is 1.18. The lowest BCUT2D eigenvalue weighted by Gasteiger charge is -2.20. The maximum Gasteiger partial charge on any atom is 0.241 e. The normalized spacial score (nSPS) is 14.4. The molecule has 0 radical (unpaired) electrons. The Bertz CT molecular complexity index is 1370. The van der Waals surface area contributed by atoms with Crippen molar-refractivity contribution in [3.05, 3.63) is 60.0 Å². The van der Waals surface area contributed by atoms with Crippen molar-refractivity contribution < 1.29 is 17.5 Å². The Balaban J connectivity index is 1.43. The number of ether oxygens (including phenoxy) is 1. The molecule has 1 aliphatic heterocycles. The van der Waals surface area contributed by atoms with Crippen molar-refractivity contribution in [3.8, 4) is 5.75 Å². The zero-order chi connectivity index (χ0) is 27.3. The van der Waals surface area contributed by atoms with Crippen molar-refractivity contribution in [2.24, 2.45) is 0 Å². The van der Waals surface area contributed by atoms with Gasteiger partial charge in [-0.3, -0.25) is 4.90 Å². The maximum absolute atomic E-state index is 14.6. The molecule has 204 valence electrons. The third-order valence-corrected chi connectivity index (χ3v) is 7.63. The summed E-state index contributed by atoms with van der Waals surface area (Å²) in [7, 11) is -3.69. The van der Waals surface area contributed by atoms with Crippen molar-refractivity contribution in [1.82, 2.24) is 19.6 Å². The van der Waals surface area contributed by atoms with E-state index >= 15 is 0 Å². The van der Waals surface area contributed by atoms with Gasteiger partial charge >= 0.3 is 0 Å². The molecule has 0 atom stereocenters. The first kappa shape index (κ1) is 27.7. The molecule has 38 heavy (non-hydrogen) atoms. The van der Waals surface area contributed by atoms with Crippen LogP contribution in [0.5, 0.6) is 5.75 Å². The molecule has 1 aliphatic rings. The smallest absolute Gasteiger partial charge is 0.241 e. The van der Waals surface area contributed by atoms with Gasteiger partial charge in [0, 0.05) is 41.3 Å². The van der Waals surface area contributed by atoms with Gasteiger partial charge in [-0.05, 0) is 84.0 Å². The van der Waals surface area contributed by atoms with E-state index in [1.165, 1.54) is 25.0 Å². The van der Waals surface area contributed by atoms with Crippen molar-refractivity contribution in [2.45, 2.75) is 51.0 Å². The summed E-state index contributed by atoms with van der Waals surface area (Å²) >= 11 is 0. The second kappa shape index (κ2) is 11.6. The highest BCUT2D eigenvalue weighted by Gasteiger charge is 2.22. The number of hydrogen-bond donors (Lipinski definition) is 3. The van der Waals surface area contributed by atoms with E-state index in [0.717, 1.165) is 25.2 Å². The average Bonchev–Trinajstić information content (AvgIpc) is 3.35.